The number of nitrogen functional groups attached to an aromatic ring is 1. The largest absolute Gasteiger partial charge is 0.496 e. The Bertz CT molecular complexity index is 575. The predicted octanol–water partition coefficient (Wildman–Crippen LogP) is 2.09. The van der Waals surface area contributed by atoms with Crippen LogP contribution in [0.1, 0.15) is 17.2 Å². The number of nitrogens with zero attached hydrogens (tertiary/aromatic N) is 1. The van der Waals surface area contributed by atoms with Gasteiger partial charge in [-0.25, -0.2) is 9.37 Å². The fourth-order valence-corrected chi connectivity index (χ4v) is 1.95. The van der Waals surface area contributed by atoms with Crippen LogP contribution in [0.4, 0.5) is 10.2 Å². The van der Waals surface area contributed by atoms with Crippen molar-refractivity contribution in [1.29, 1.82) is 0 Å². The molecule has 2 rings (SSSR count). The van der Waals surface area contributed by atoms with Crippen molar-refractivity contribution in [1.82, 2.24) is 4.98 Å². The van der Waals surface area contributed by atoms with E-state index in [0.29, 0.717) is 17.1 Å². The van der Waals surface area contributed by atoms with Gasteiger partial charge >= 0.3 is 0 Å². The number of rotatable bonds is 4. The number of nitrogens with two attached hydrogens (primary N) is 1. The molecule has 100 valence electrons. The molecule has 0 radical (unpaired) electrons. The van der Waals surface area contributed by atoms with Crippen LogP contribution in [-0.4, -0.2) is 17.2 Å². The van der Waals surface area contributed by atoms with Crippen molar-refractivity contribution in [3.63, 3.8) is 0 Å². The first-order valence-electron chi connectivity index (χ1n) is 5.83. The zero-order chi connectivity index (χ0) is 13.8. The van der Waals surface area contributed by atoms with E-state index in [-0.39, 0.29) is 12.0 Å². The monoisotopic (exact) mass is 262 g/mol. The minimum absolute atomic E-state index is 0.133. The third-order valence-electron chi connectivity index (χ3n) is 2.91. The molecule has 0 amide bonds. The number of aliphatic hydroxyl groups is 1. The first-order valence-corrected chi connectivity index (χ1v) is 5.83. The lowest BCUT2D eigenvalue weighted by Crippen LogP contribution is -2.08. The minimum atomic E-state index is -1.04. The summed E-state index contributed by atoms with van der Waals surface area (Å²) < 4.78 is 18.9. The highest BCUT2D eigenvalue weighted by atomic mass is 19.1. The van der Waals surface area contributed by atoms with Crippen LogP contribution < -0.4 is 10.5 Å². The normalized spacial score (nSPS) is 12.2. The van der Waals surface area contributed by atoms with Crippen molar-refractivity contribution < 1.29 is 14.2 Å². The highest BCUT2D eigenvalue weighted by molar-refractivity contribution is 5.42. The molecule has 4 nitrogen and oxygen atoms in total. The van der Waals surface area contributed by atoms with Gasteiger partial charge in [-0.2, -0.15) is 0 Å². The number of halogens is 1. The third-order valence-corrected chi connectivity index (χ3v) is 2.91. The predicted molar refractivity (Wildman–Crippen MR) is 70.3 cm³/mol. The first-order chi connectivity index (χ1) is 9.13. The van der Waals surface area contributed by atoms with Crippen molar-refractivity contribution in [2.75, 3.05) is 12.8 Å². The van der Waals surface area contributed by atoms with Crippen molar-refractivity contribution in [3.8, 4) is 5.75 Å². The Balaban J connectivity index is 2.30. The first kappa shape index (κ1) is 13.3. The standard InChI is InChI=1S/C14H15FN2O2/c1-19-12-6-2-5-10(15)13(12)11(18)8-9-4-3-7-17-14(9)16/h2-7,11,18H,8H2,1H3,(H2,16,17). The van der Waals surface area contributed by atoms with E-state index in [1.807, 2.05) is 0 Å². The Morgan fingerprint density at radius 3 is 2.84 bits per heavy atom. The van der Waals surface area contributed by atoms with Crippen LogP contribution >= 0.6 is 0 Å². The van der Waals surface area contributed by atoms with E-state index in [1.165, 1.54) is 19.2 Å². The fourth-order valence-electron chi connectivity index (χ4n) is 1.95. The molecule has 1 aromatic carbocycles. The van der Waals surface area contributed by atoms with E-state index in [9.17, 15) is 9.50 Å². The van der Waals surface area contributed by atoms with Gasteiger partial charge in [-0.1, -0.05) is 12.1 Å². The number of hydrogen-bond acceptors (Lipinski definition) is 4. The SMILES string of the molecule is COc1cccc(F)c1C(O)Cc1cccnc1N. The number of aromatic nitrogens is 1. The van der Waals surface area contributed by atoms with E-state index in [2.05, 4.69) is 4.98 Å². The van der Waals surface area contributed by atoms with Crippen LogP contribution in [0.5, 0.6) is 5.75 Å². The van der Waals surface area contributed by atoms with Gasteiger partial charge in [-0.3, -0.25) is 0 Å². The van der Waals surface area contributed by atoms with Gasteiger partial charge in [0, 0.05) is 12.6 Å². The van der Waals surface area contributed by atoms with Gasteiger partial charge in [0.1, 0.15) is 17.4 Å². The third kappa shape index (κ3) is 2.82. The van der Waals surface area contributed by atoms with Crippen LogP contribution in [-0.2, 0) is 6.42 Å². The van der Waals surface area contributed by atoms with E-state index >= 15 is 0 Å². The Kier molecular flexibility index (Phi) is 3.97. The van der Waals surface area contributed by atoms with E-state index < -0.39 is 11.9 Å². The lowest BCUT2D eigenvalue weighted by atomic mass is 10.0. The summed E-state index contributed by atoms with van der Waals surface area (Å²) in [5, 5.41) is 10.2. The second kappa shape index (κ2) is 5.67. The maximum absolute atomic E-state index is 13.8. The summed E-state index contributed by atoms with van der Waals surface area (Å²) in [5.74, 6) is 0.140. The number of pyridine rings is 1. The highest BCUT2D eigenvalue weighted by Crippen LogP contribution is 2.30. The molecule has 0 aliphatic rings. The summed E-state index contributed by atoms with van der Waals surface area (Å²) in [7, 11) is 1.43. The molecular weight excluding hydrogens is 247 g/mol. The molecule has 0 saturated heterocycles. The van der Waals surface area contributed by atoms with Gasteiger partial charge < -0.3 is 15.6 Å². The zero-order valence-corrected chi connectivity index (χ0v) is 10.5. The molecule has 1 aromatic heterocycles. The van der Waals surface area contributed by atoms with Crippen LogP contribution in [0.15, 0.2) is 36.5 Å². The number of aliphatic hydroxyl groups excluding tert-OH is 1. The Morgan fingerprint density at radius 1 is 1.37 bits per heavy atom. The summed E-state index contributed by atoms with van der Waals surface area (Å²) >= 11 is 0. The minimum Gasteiger partial charge on any atom is -0.496 e. The molecule has 0 aliphatic heterocycles. The van der Waals surface area contributed by atoms with Crippen LogP contribution in [0.2, 0.25) is 0 Å². The van der Waals surface area contributed by atoms with Crippen molar-refractivity contribution in [3.05, 3.63) is 53.5 Å². The molecule has 2 aromatic rings. The maximum Gasteiger partial charge on any atom is 0.132 e. The molecular formula is C14H15FN2O2. The van der Waals surface area contributed by atoms with Crippen LogP contribution in [0.25, 0.3) is 0 Å². The van der Waals surface area contributed by atoms with Crippen LogP contribution in [0.3, 0.4) is 0 Å². The Labute approximate surface area is 110 Å². The molecule has 1 heterocycles. The smallest absolute Gasteiger partial charge is 0.132 e. The summed E-state index contributed by atoms with van der Waals surface area (Å²) in [4.78, 5) is 3.93. The molecule has 0 spiro atoms. The van der Waals surface area contributed by atoms with Crippen molar-refractivity contribution in [2.24, 2.45) is 0 Å². The average molecular weight is 262 g/mol. The van der Waals surface area contributed by atoms with E-state index in [0.717, 1.165) is 0 Å². The van der Waals surface area contributed by atoms with E-state index in [4.69, 9.17) is 10.5 Å². The van der Waals surface area contributed by atoms with Gasteiger partial charge in [0.25, 0.3) is 0 Å². The maximum atomic E-state index is 13.8. The van der Waals surface area contributed by atoms with Gasteiger partial charge in [0.15, 0.2) is 0 Å². The fraction of sp³-hybridized carbons (Fsp3) is 0.214. The molecule has 1 unspecified atom stereocenters. The number of methoxy groups -OCH3 is 1. The average Bonchev–Trinajstić information content (AvgIpc) is 2.40. The van der Waals surface area contributed by atoms with Gasteiger partial charge in [0.05, 0.1) is 18.8 Å². The Morgan fingerprint density at radius 2 is 2.16 bits per heavy atom. The number of ether oxygens (including phenoxy) is 1. The Hall–Kier alpha value is -2.14. The summed E-state index contributed by atoms with van der Waals surface area (Å²) in [5.41, 5.74) is 6.51. The van der Waals surface area contributed by atoms with Crippen LogP contribution in [0, 0.1) is 5.82 Å². The number of benzene rings is 1. The second-order valence-electron chi connectivity index (χ2n) is 4.12. The second-order valence-corrected chi connectivity index (χ2v) is 4.12. The molecule has 1 atom stereocenters. The lowest BCUT2D eigenvalue weighted by molar-refractivity contribution is 0.169. The van der Waals surface area contributed by atoms with Gasteiger partial charge in [-0.15, -0.1) is 0 Å². The summed E-state index contributed by atoms with van der Waals surface area (Å²) in [6.45, 7) is 0. The topological polar surface area (TPSA) is 68.4 Å². The van der Waals surface area contributed by atoms with Gasteiger partial charge in [0.2, 0.25) is 0 Å². The van der Waals surface area contributed by atoms with Crippen molar-refractivity contribution in [2.45, 2.75) is 12.5 Å². The zero-order valence-electron chi connectivity index (χ0n) is 10.5. The molecule has 5 heteroatoms. The molecule has 0 fully saturated rings. The van der Waals surface area contributed by atoms with Gasteiger partial charge in [-0.05, 0) is 23.8 Å². The molecule has 0 bridgehead atoms. The lowest BCUT2D eigenvalue weighted by Gasteiger charge is -2.16. The molecule has 19 heavy (non-hydrogen) atoms. The summed E-state index contributed by atoms with van der Waals surface area (Å²) in [6, 6.07) is 7.89. The molecule has 0 aliphatic carbocycles. The van der Waals surface area contributed by atoms with E-state index in [1.54, 1.807) is 24.4 Å². The number of hydrogen-bond donors (Lipinski definition) is 2. The number of anilines is 1. The highest BCUT2D eigenvalue weighted by Gasteiger charge is 2.19. The van der Waals surface area contributed by atoms with Crippen molar-refractivity contribution >= 4 is 5.82 Å². The summed E-state index contributed by atoms with van der Waals surface area (Å²) in [6.07, 6.45) is 0.703. The quantitative estimate of drug-likeness (QED) is 0.885. The molecule has 3 N–H and O–H groups in total. The molecule has 0 saturated carbocycles.